The molecule has 274 valence electrons. The number of halogens is 2. The van der Waals surface area contributed by atoms with Crippen molar-refractivity contribution in [3.8, 4) is 17.2 Å². The molecule has 0 radical (unpaired) electrons. The number of carbonyl (C=O) groups is 1. The van der Waals surface area contributed by atoms with Crippen LogP contribution in [0.15, 0.2) is 54.6 Å². The minimum atomic E-state index is -0.304. The van der Waals surface area contributed by atoms with E-state index in [0.717, 1.165) is 87.5 Å². The summed E-state index contributed by atoms with van der Waals surface area (Å²) in [6.45, 7) is 9.96. The van der Waals surface area contributed by atoms with E-state index in [2.05, 4.69) is 38.6 Å². The van der Waals surface area contributed by atoms with E-state index < -0.39 is 0 Å². The van der Waals surface area contributed by atoms with E-state index >= 15 is 0 Å². The van der Waals surface area contributed by atoms with Gasteiger partial charge in [-0.2, -0.15) is 0 Å². The fourth-order valence-corrected chi connectivity index (χ4v) is 7.99. The molecule has 6 rings (SSSR count). The van der Waals surface area contributed by atoms with E-state index in [4.69, 9.17) is 47.1 Å². The molecule has 1 unspecified atom stereocenters. The summed E-state index contributed by atoms with van der Waals surface area (Å²) in [5.74, 6) is 2.30. The Morgan fingerprint density at radius 3 is 2.37 bits per heavy atom. The number of rotatable bonds is 13. The molecular formula is C39H49Cl2N5O5. The van der Waals surface area contributed by atoms with Gasteiger partial charge < -0.3 is 38.2 Å². The van der Waals surface area contributed by atoms with E-state index in [-0.39, 0.29) is 11.3 Å². The molecule has 4 aromatic rings. The van der Waals surface area contributed by atoms with E-state index in [1.54, 1.807) is 33.5 Å². The van der Waals surface area contributed by atoms with Gasteiger partial charge in [0.05, 0.1) is 49.0 Å². The summed E-state index contributed by atoms with van der Waals surface area (Å²) in [5, 5.41) is 1.05. The molecule has 10 nitrogen and oxygen atoms in total. The van der Waals surface area contributed by atoms with Gasteiger partial charge in [0.2, 0.25) is 11.7 Å². The van der Waals surface area contributed by atoms with Crippen LogP contribution < -0.4 is 19.1 Å². The number of amides is 1. The molecule has 1 aromatic heterocycles. The fourth-order valence-electron chi connectivity index (χ4n) is 7.69. The number of aromatic nitrogens is 2. The van der Waals surface area contributed by atoms with Crippen LogP contribution in [0.1, 0.15) is 48.5 Å². The van der Waals surface area contributed by atoms with Crippen LogP contribution in [-0.4, -0.2) is 106 Å². The Hall–Kier alpha value is -3.70. The van der Waals surface area contributed by atoms with Gasteiger partial charge in [-0.05, 0) is 87.7 Å². The van der Waals surface area contributed by atoms with Crippen molar-refractivity contribution in [1.29, 1.82) is 0 Å². The van der Waals surface area contributed by atoms with E-state index in [0.29, 0.717) is 59.2 Å². The van der Waals surface area contributed by atoms with Gasteiger partial charge in [-0.25, -0.2) is 4.98 Å². The molecule has 12 heteroatoms. The maximum Gasteiger partial charge on any atom is 0.254 e. The molecule has 3 aromatic carbocycles. The van der Waals surface area contributed by atoms with Crippen molar-refractivity contribution < 1.29 is 23.7 Å². The predicted molar refractivity (Wildman–Crippen MR) is 203 cm³/mol. The number of methoxy groups -OCH3 is 3. The van der Waals surface area contributed by atoms with Gasteiger partial charge in [0.1, 0.15) is 0 Å². The first-order chi connectivity index (χ1) is 24.8. The summed E-state index contributed by atoms with van der Waals surface area (Å²) in [5.41, 5.74) is 3.45. The molecule has 0 bridgehead atoms. The van der Waals surface area contributed by atoms with Gasteiger partial charge in [-0.3, -0.25) is 4.79 Å². The third-order valence-corrected chi connectivity index (χ3v) is 11.1. The lowest BCUT2D eigenvalue weighted by Crippen LogP contribution is -2.50. The monoisotopic (exact) mass is 737 g/mol. The normalized spacial score (nSPS) is 18.5. The van der Waals surface area contributed by atoms with Crippen molar-refractivity contribution in [2.24, 2.45) is 0 Å². The van der Waals surface area contributed by atoms with Crippen molar-refractivity contribution in [2.75, 3.05) is 85.3 Å². The average molecular weight is 739 g/mol. The Morgan fingerprint density at radius 2 is 1.65 bits per heavy atom. The zero-order valence-corrected chi connectivity index (χ0v) is 31.6. The third kappa shape index (κ3) is 8.04. The summed E-state index contributed by atoms with van der Waals surface area (Å²) < 4.78 is 24.7. The number of benzene rings is 3. The number of hydrogen-bond acceptors (Lipinski definition) is 8. The molecule has 0 N–H and O–H groups in total. The highest BCUT2D eigenvalue weighted by Crippen LogP contribution is 2.42. The third-order valence-electron chi connectivity index (χ3n) is 10.4. The molecular weight excluding hydrogens is 689 g/mol. The highest BCUT2D eigenvalue weighted by atomic mass is 35.5. The topological polar surface area (TPSA) is 81.5 Å². The summed E-state index contributed by atoms with van der Waals surface area (Å²) >= 11 is 13.0. The summed E-state index contributed by atoms with van der Waals surface area (Å²) in [4.78, 5) is 26.2. The number of hydrogen-bond donors (Lipinski definition) is 0. The van der Waals surface area contributed by atoms with Crippen molar-refractivity contribution in [2.45, 2.75) is 44.6 Å². The number of piperidine rings is 1. The molecule has 3 heterocycles. The van der Waals surface area contributed by atoms with Crippen LogP contribution in [0.25, 0.3) is 11.0 Å². The molecule has 51 heavy (non-hydrogen) atoms. The molecule has 2 saturated heterocycles. The Morgan fingerprint density at radius 1 is 0.863 bits per heavy atom. The lowest BCUT2D eigenvalue weighted by atomic mass is 9.71. The van der Waals surface area contributed by atoms with Gasteiger partial charge in [0.15, 0.2) is 11.5 Å². The summed E-state index contributed by atoms with van der Waals surface area (Å²) in [6.07, 6.45) is 3.70. The molecule has 2 aliphatic rings. The second-order valence-electron chi connectivity index (χ2n) is 13.3. The second kappa shape index (κ2) is 16.8. The molecule has 0 saturated carbocycles. The van der Waals surface area contributed by atoms with E-state index in [9.17, 15) is 4.79 Å². The van der Waals surface area contributed by atoms with Crippen LogP contribution in [0.5, 0.6) is 17.2 Å². The lowest BCUT2D eigenvalue weighted by Gasteiger charge is -2.44. The summed E-state index contributed by atoms with van der Waals surface area (Å²) in [7, 11) is 4.67. The van der Waals surface area contributed by atoms with Crippen molar-refractivity contribution in [3.05, 3.63) is 75.8 Å². The Bertz CT molecular complexity index is 1790. The molecule has 1 atom stereocenters. The van der Waals surface area contributed by atoms with E-state index in [1.807, 2.05) is 30.0 Å². The van der Waals surface area contributed by atoms with Crippen molar-refractivity contribution >= 4 is 46.1 Å². The first kappa shape index (κ1) is 37.1. The number of imidazole rings is 1. The molecule has 0 spiro atoms. The van der Waals surface area contributed by atoms with E-state index in [1.165, 1.54) is 0 Å². The quantitative estimate of drug-likeness (QED) is 0.134. The van der Waals surface area contributed by atoms with Gasteiger partial charge in [-0.1, -0.05) is 41.4 Å². The van der Waals surface area contributed by atoms with Crippen LogP contribution in [-0.2, 0) is 16.7 Å². The predicted octanol–water partition coefficient (Wildman–Crippen LogP) is 7.18. The van der Waals surface area contributed by atoms with Crippen LogP contribution >= 0.6 is 23.2 Å². The Balaban J connectivity index is 1.21. The molecule has 1 amide bonds. The summed E-state index contributed by atoms with van der Waals surface area (Å²) in [6, 6.07) is 17.8. The van der Waals surface area contributed by atoms with Gasteiger partial charge >= 0.3 is 0 Å². The van der Waals surface area contributed by atoms with Gasteiger partial charge in [-0.15, -0.1) is 0 Å². The average Bonchev–Trinajstić information content (AvgIpc) is 3.35. The van der Waals surface area contributed by atoms with Crippen molar-refractivity contribution in [1.82, 2.24) is 19.4 Å². The molecule has 2 fully saturated rings. The zero-order chi connectivity index (χ0) is 36.0. The number of likely N-dealkylation sites (tertiary alicyclic amines) is 1. The minimum Gasteiger partial charge on any atom is -0.493 e. The van der Waals surface area contributed by atoms with Gasteiger partial charge in [0, 0.05) is 56.9 Å². The Kier molecular flexibility index (Phi) is 12.2. The van der Waals surface area contributed by atoms with Crippen LogP contribution in [0.4, 0.5) is 5.95 Å². The highest BCUT2D eigenvalue weighted by molar-refractivity contribution is 6.42. The molecule has 0 aliphatic carbocycles. The minimum absolute atomic E-state index is 0.0731. The number of ether oxygens (including phenoxy) is 4. The smallest absolute Gasteiger partial charge is 0.254 e. The molecule has 2 aliphatic heterocycles. The zero-order valence-electron chi connectivity index (χ0n) is 30.1. The Labute approximate surface area is 311 Å². The number of nitrogens with zero attached hydrogens (tertiary/aromatic N) is 5. The fraction of sp³-hybridized carbons (Fsp3) is 0.487. The lowest BCUT2D eigenvalue weighted by molar-refractivity contribution is 0.0612. The van der Waals surface area contributed by atoms with Crippen LogP contribution in [0.2, 0.25) is 10.0 Å². The largest absolute Gasteiger partial charge is 0.493 e. The van der Waals surface area contributed by atoms with Gasteiger partial charge in [0.25, 0.3) is 5.91 Å². The second-order valence-corrected chi connectivity index (χ2v) is 14.1. The standard InChI is InChI=1S/C39H49Cl2N5O5/c1-5-51-23-22-46-33-11-7-6-10-32(33)42-38(46)44-18-9-16-43(20-21-44)19-15-39(29-12-13-30(40)31(41)26-29)14-8-17-45(27-39)37(47)28-24-34(48-2)36(50-4)35(25-28)49-3/h6-7,10-13,24-26H,5,8-9,14-23,27H2,1-4H3. The van der Waals surface area contributed by atoms with Crippen LogP contribution in [0.3, 0.4) is 0 Å². The van der Waals surface area contributed by atoms with Crippen LogP contribution in [0, 0.1) is 0 Å². The first-order valence-corrected chi connectivity index (χ1v) is 18.6. The highest BCUT2D eigenvalue weighted by Gasteiger charge is 2.40. The maximum atomic E-state index is 14.2. The maximum absolute atomic E-state index is 14.2. The number of para-hydroxylation sites is 2. The number of anilines is 1. The SMILES string of the molecule is CCOCCn1c(N2CCCN(CCC3(c4ccc(Cl)c(Cl)c4)CCCN(C(=O)c4cc(OC)c(OC)c(OC)c4)C3)CC2)nc2ccccc21. The number of fused-ring (bicyclic) bond motifs is 1. The first-order valence-electron chi connectivity index (χ1n) is 17.9. The van der Waals surface area contributed by atoms with Crippen molar-refractivity contribution in [3.63, 3.8) is 0 Å². The number of carbonyl (C=O) groups excluding carboxylic acids is 1.